The highest BCUT2D eigenvalue weighted by Gasteiger charge is 1.97. The lowest BCUT2D eigenvalue weighted by Gasteiger charge is -2.00. The van der Waals surface area contributed by atoms with Crippen LogP contribution in [0.4, 0.5) is 0 Å². The second-order valence-electron chi connectivity index (χ2n) is 3.07. The minimum absolute atomic E-state index is 0.966. The fraction of sp³-hybridized carbons (Fsp3) is 0.500. The molecule has 0 aliphatic rings. The molecular weight excluding hydrogens is 180 g/mol. The van der Waals surface area contributed by atoms with E-state index in [2.05, 4.69) is 30.2 Å². The zero-order chi connectivity index (χ0) is 9.68. The van der Waals surface area contributed by atoms with Crippen LogP contribution in [0.5, 0.6) is 0 Å². The first-order chi connectivity index (χ1) is 6.24. The van der Waals surface area contributed by atoms with E-state index in [0.29, 0.717) is 0 Å². The Kier molecular flexibility index (Phi) is 4.12. The van der Waals surface area contributed by atoms with Crippen molar-refractivity contribution in [3.05, 3.63) is 21.7 Å². The summed E-state index contributed by atoms with van der Waals surface area (Å²) in [4.78, 5) is 5.48. The molecule has 0 saturated heterocycles. The first kappa shape index (κ1) is 10.4. The Bertz CT molecular complexity index is 289. The normalized spacial score (nSPS) is 12.1. The second-order valence-corrected chi connectivity index (χ2v) is 3.96. The van der Waals surface area contributed by atoms with Crippen molar-refractivity contribution in [1.29, 1.82) is 0 Å². The van der Waals surface area contributed by atoms with Gasteiger partial charge in [-0.2, -0.15) is 0 Å². The topological polar surface area (TPSA) is 24.9 Å². The molecular formula is C10H16N2S. The number of aryl methyl sites for hydroxylation is 1. The summed E-state index contributed by atoms with van der Waals surface area (Å²) >= 11 is 1.70. The van der Waals surface area contributed by atoms with E-state index in [-0.39, 0.29) is 0 Å². The molecule has 0 radical (unpaired) electrons. The van der Waals surface area contributed by atoms with Crippen LogP contribution in [-0.2, 0) is 0 Å². The molecule has 72 valence electrons. The van der Waals surface area contributed by atoms with Gasteiger partial charge in [-0.1, -0.05) is 12.5 Å². The van der Waals surface area contributed by atoms with Gasteiger partial charge in [0.2, 0.25) is 0 Å². The van der Waals surface area contributed by atoms with Crippen LogP contribution in [0.2, 0.25) is 0 Å². The highest BCUT2D eigenvalue weighted by molar-refractivity contribution is 7.10. The quantitative estimate of drug-likeness (QED) is 0.800. The Hall–Kier alpha value is -0.670. The Morgan fingerprint density at radius 2 is 2.46 bits per heavy atom. The third kappa shape index (κ3) is 3.28. The number of nitrogens with one attached hydrogen (secondary N) is 1. The Labute approximate surface area is 83.7 Å². The average molecular weight is 196 g/mol. The van der Waals surface area contributed by atoms with Gasteiger partial charge < -0.3 is 5.32 Å². The van der Waals surface area contributed by atoms with E-state index in [9.17, 15) is 0 Å². The van der Waals surface area contributed by atoms with Crippen molar-refractivity contribution in [2.75, 3.05) is 13.1 Å². The van der Waals surface area contributed by atoms with E-state index in [4.69, 9.17) is 0 Å². The maximum Gasteiger partial charge on any atom is 0.0801 e. The van der Waals surface area contributed by atoms with Gasteiger partial charge >= 0.3 is 0 Å². The molecule has 0 saturated carbocycles. The molecule has 13 heavy (non-hydrogen) atoms. The van der Waals surface area contributed by atoms with E-state index in [1.165, 1.54) is 10.5 Å². The SMILES string of the molecule is CCNCC(C)=Cc1scnc1C. The lowest BCUT2D eigenvalue weighted by Crippen LogP contribution is -2.14. The van der Waals surface area contributed by atoms with Crippen molar-refractivity contribution in [3.8, 4) is 0 Å². The standard InChI is InChI=1S/C10H16N2S/c1-4-11-6-8(2)5-10-9(3)12-7-13-10/h5,7,11H,4,6H2,1-3H3. The van der Waals surface area contributed by atoms with Crippen molar-refractivity contribution in [1.82, 2.24) is 10.3 Å². The zero-order valence-electron chi connectivity index (χ0n) is 8.42. The van der Waals surface area contributed by atoms with Crippen molar-refractivity contribution < 1.29 is 0 Å². The fourth-order valence-corrected chi connectivity index (χ4v) is 1.86. The van der Waals surface area contributed by atoms with Crippen molar-refractivity contribution >= 4 is 17.4 Å². The summed E-state index contributed by atoms with van der Waals surface area (Å²) in [5.41, 5.74) is 4.37. The molecule has 0 spiro atoms. The first-order valence-electron chi connectivity index (χ1n) is 4.52. The molecule has 1 rings (SSSR count). The van der Waals surface area contributed by atoms with Gasteiger partial charge in [0, 0.05) is 11.4 Å². The molecule has 0 atom stereocenters. The van der Waals surface area contributed by atoms with Gasteiger partial charge in [0.05, 0.1) is 11.2 Å². The van der Waals surface area contributed by atoms with E-state index < -0.39 is 0 Å². The summed E-state index contributed by atoms with van der Waals surface area (Å²) in [6, 6.07) is 0. The molecule has 1 aromatic rings. The van der Waals surface area contributed by atoms with E-state index >= 15 is 0 Å². The molecule has 3 heteroatoms. The first-order valence-corrected chi connectivity index (χ1v) is 5.40. The monoisotopic (exact) mass is 196 g/mol. The lowest BCUT2D eigenvalue weighted by molar-refractivity contribution is 0.779. The van der Waals surface area contributed by atoms with Crippen LogP contribution in [0, 0.1) is 6.92 Å². The van der Waals surface area contributed by atoms with E-state index in [1.807, 2.05) is 12.4 Å². The van der Waals surface area contributed by atoms with Crippen LogP contribution in [0.15, 0.2) is 11.1 Å². The molecule has 0 bridgehead atoms. The van der Waals surface area contributed by atoms with Crippen molar-refractivity contribution in [2.45, 2.75) is 20.8 Å². The summed E-state index contributed by atoms with van der Waals surface area (Å²) in [6.07, 6.45) is 2.20. The summed E-state index contributed by atoms with van der Waals surface area (Å²) in [7, 11) is 0. The van der Waals surface area contributed by atoms with Gasteiger partial charge in [-0.3, -0.25) is 0 Å². The zero-order valence-corrected chi connectivity index (χ0v) is 9.24. The summed E-state index contributed by atoms with van der Waals surface area (Å²) < 4.78 is 0. The van der Waals surface area contributed by atoms with Gasteiger partial charge in [-0.25, -0.2) is 4.98 Å². The number of thiazole rings is 1. The molecule has 0 unspecified atom stereocenters. The van der Waals surface area contributed by atoms with Crippen LogP contribution in [-0.4, -0.2) is 18.1 Å². The van der Waals surface area contributed by atoms with Crippen molar-refractivity contribution in [3.63, 3.8) is 0 Å². The molecule has 0 fully saturated rings. The molecule has 0 amide bonds. The fourth-order valence-electron chi connectivity index (χ4n) is 1.05. The van der Waals surface area contributed by atoms with Crippen molar-refractivity contribution in [2.24, 2.45) is 0 Å². The molecule has 0 aromatic carbocycles. The van der Waals surface area contributed by atoms with Gasteiger partial charge in [0.25, 0.3) is 0 Å². The van der Waals surface area contributed by atoms with Crippen LogP contribution in [0.1, 0.15) is 24.4 Å². The van der Waals surface area contributed by atoms with Gasteiger partial charge in [-0.05, 0) is 26.5 Å². The number of nitrogens with zero attached hydrogens (tertiary/aromatic N) is 1. The van der Waals surface area contributed by atoms with Gasteiger partial charge in [-0.15, -0.1) is 11.3 Å². The number of aromatic nitrogens is 1. The predicted molar refractivity (Wildman–Crippen MR) is 59.0 cm³/mol. The van der Waals surface area contributed by atoms with Gasteiger partial charge in [0.1, 0.15) is 0 Å². The Balaban J connectivity index is 2.60. The molecule has 0 aliphatic carbocycles. The maximum absolute atomic E-state index is 4.20. The molecule has 1 N–H and O–H groups in total. The minimum Gasteiger partial charge on any atom is -0.313 e. The molecule has 1 heterocycles. The lowest BCUT2D eigenvalue weighted by atomic mass is 10.2. The summed E-state index contributed by atoms with van der Waals surface area (Å²) in [5, 5.41) is 3.30. The predicted octanol–water partition coefficient (Wildman–Crippen LogP) is 2.46. The van der Waals surface area contributed by atoms with E-state index in [1.54, 1.807) is 11.3 Å². The number of likely N-dealkylation sites (N-methyl/N-ethyl adjacent to an activating group) is 1. The number of hydrogen-bond donors (Lipinski definition) is 1. The number of hydrogen-bond acceptors (Lipinski definition) is 3. The summed E-state index contributed by atoms with van der Waals surface area (Å²) in [5.74, 6) is 0. The van der Waals surface area contributed by atoms with Crippen LogP contribution >= 0.6 is 11.3 Å². The van der Waals surface area contributed by atoms with Crippen LogP contribution in [0.3, 0.4) is 0 Å². The van der Waals surface area contributed by atoms with Gasteiger partial charge in [0.15, 0.2) is 0 Å². The maximum atomic E-state index is 4.20. The number of rotatable bonds is 4. The Morgan fingerprint density at radius 3 is 3.00 bits per heavy atom. The van der Waals surface area contributed by atoms with Crippen LogP contribution < -0.4 is 5.32 Å². The summed E-state index contributed by atoms with van der Waals surface area (Å²) in [6.45, 7) is 8.29. The molecule has 2 nitrogen and oxygen atoms in total. The second kappa shape index (κ2) is 5.14. The Morgan fingerprint density at radius 1 is 1.69 bits per heavy atom. The molecule has 1 aromatic heterocycles. The highest BCUT2D eigenvalue weighted by atomic mass is 32.1. The highest BCUT2D eigenvalue weighted by Crippen LogP contribution is 2.15. The smallest absolute Gasteiger partial charge is 0.0801 e. The van der Waals surface area contributed by atoms with E-state index in [0.717, 1.165) is 18.8 Å². The van der Waals surface area contributed by atoms with Crippen LogP contribution in [0.25, 0.3) is 6.08 Å². The average Bonchev–Trinajstić information content (AvgIpc) is 2.48. The largest absolute Gasteiger partial charge is 0.313 e. The minimum atomic E-state index is 0.966. The molecule has 0 aliphatic heterocycles. The third-order valence-electron chi connectivity index (χ3n) is 1.81. The third-order valence-corrected chi connectivity index (χ3v) is 2.69.